The van der Waals surface area contributed by atoms with Crippen LogP contribution in [0.15, 0.2) is 24.3 Å². The SMILES string of the molecule is CCCNC(CCCc1ccc(Cl)cc1)C(C)(C)C. The van der Waals surface area contributed by atoms with E-state index in [1.807, 2.05) is 12.1 Å². The normalized spacial score (nSPS) is 13.5. The predicted molar refractivity (Wildman–Crippen MR) is 85.9 cm³/mol. The van der Waals surface area contributed by atoms with Gasteiger partial charge in [-0.25, -0.2) is 0 Å². The Labute approximate surface area is 123 Å². The maximum atomic E-state index is 5.90. The Morgan fingerprint density at radius 2 is 1.79 bits per heavy atom. The zero-order valence-corrected chi connectivity index (χ0v) is 13.6. The van der Waals surface area contributed by atoms with Gasteiger partial charge in [-0.15, -0.1) is 0 Å². The lowest BCUT2D eigenvalue weighted by molar-refractivity contribution is 0.251. The van der Waals surface area contributed by atoms with Crippen molar-refractivity contribution in [1.29, 1.82) is 0 Å². The summed E-state index contributed by atoms with van der Waals surface area (Å²) in [6, 6.07) is 8.82. The van der Waals surface area contributed by atoms with Gasteiger partial charge < -0.3 is 5.32 Å². The minimum absolute atomic E-state index is 0.329. The van der Waals surface area contributed by atoms with Crippen LogP contribution in [-0.2, 0) is 6.42 Å². The molecule has 19 heavy (non-hydrogen) atoms. The molecule has 0 aliphatic heterocycles. The standard InChI is InChI=1S/C17H28ClN/c1-5-13-19-16(17(2,3)4)8-6-7-14-9-11-15(18)12-10-14/h9-12,16,19H,5-8,13H2,1-4H3. The number of nitrogens with one attached hydrogen (secondary N) is 1. The zero-order valence-electron chi connectivity index (χ0n) is 12.8. The van der Waals surface area contributed by atoms with Crippen LogP contribution < -0.4 is 5.32 Å². The molecule has 0 fully saturated rings. The lowest BCUT2D eigenvalue weighted by Gasteiger charge is -2.32. The molecule has 1 aromatic rings. The Hall–Kier alpha value is -0.530. The van der Waals surface area contributed by atoms with Gasteiger partial charge >= 0.3 is 0 Å². The van der Waals surface area contributed by atoms with Gasteiger partial charge in [0.15, 0.2) is 0 Å². The number of halogens is 1. The molecule has 2 heteroatoms. The highest BCUT2D eigenvalue weighted by atomic mass is 35.5. The van der Waals surface area contributed by atoms with Gasteiger partial charge in [0.25, 0.3) is 0 Å². The molecule has 0 aromatic heterocycles. The van der Waals surface area contributed by atoms with E-state index in [1.54, 1.807) is 0 Å². The molecule has 108 valence electrons. The van der Waals surface area contributed by atoms with Crippen molar-refractivity contribution < 1.29 is 0 Å². The van der Waals surface area contributed by atoms with Crippen LogP contribution in [0.3, 0.4) is 0 Å². The van der Waals surface area contributed by atoms with Crippen LogP contribution in [0.2, 0.25) is 5.02 Å². The molecule has 1 N–H and O–H groups in total. The first kappa shape index (κ1) is 16.5. The van der Waals surface area contributed by atoms with Gasteiger partial charge in [-0.05, 0) is 55.3 Å². The molecule has 1 atom stereocenters. The third-order valence-electron chi connectivity index (χ3n) is 3.56. The van der Waals surface area contributed by atoms with Gasteiger partial charge in [0, 0.05) is 11.1 Å². The number of hydrogen-bond donors (Lipinski definition) is 1. The molecule has 0 saturated carbocycles. The van der Waals surface area contributed by atoms with Crippen molar-refractivity contribution >= 4 is 11.6 Å². The van der Waals surface area contributed by atoms with E-state index in [9.17, 15) is 0 Å². The van der Waals surface area contributed by atoms with Crippen molar-refractivity contribution in [2.45, 2.75) is 59.4 Å². The van der Waals surface area contributed by atoms with E-state index < -0.39 is 0 Å². The Bertz CT molecular complexity index is 351. The van der Waals surface area contributed by atoms with Crippen molar-refractivity contribution in [2.75, 3.05) is 6.54 Å². The van der Waals surface area contributed by atoms with Crippen LogP contribution in [0.25, 0.3) is 0 Å². The summed E-state index contributed by atoms with van der Waals surface area (Å²) in [5.74, 6) is 0. The van der Waals surface area contributed by atoms with E-state index in [2.05, 4.69) is 45.1 Å². The van der Waals surface area contributed by atoms with Gasteiger partial charge in [-0.3, -0.25) is 0 Å². The van der Waals surface area contributed by atoms with Crippen molar-refractivity contribution in [3.8, 4) is 0 Å². The maximum Gasteiger partial charge on any atom is 0.0406 e. The molecule has 1 rings (SSSR count). The lowest BCUT2D eigenvalue weighted by Crippen LogP contribution is -2.40. The molecular weight excluding hydrogens is 254 g/mol. The molecule has 0 spiro atoms. The van der Waals surface area contributed by atoms with E-state index in [0.717, 1.165) is 18.0 Å². The lowest BCUT2D eigenvalue weighted by atomic mass is 9.83. The summed E-state index contributed by atoms with van der Waals surface area (Å²) in [6.45, 7) is 10.3. The fourth-order valence-electron chi connectivity index (χ4n) is 2.32. The van der Waals surface area contributed by atoms with Crippen LogP contribution in [0, 0.1) is 5.41 Å². The third kappa shape index (κ3) is 6.44. The Kier molecular flexibility index (Phi) is 6.88. The van der Waals surface area contributed by atoms with E-state index in [1.165, 1.54) is 24.8 Å². The summed E-state index contributed by atoms with van der Waals surface area (Å²) in [7, 11) is 0. The monoisotopic (exact) mass is 281 g/mol. The van der Waals surface area contributed by atoms with Gasteiger partial charge in [0.1, 0.15) is 0 Å². The summed E-state index contributed by atoms with van der Waals surface area (Å²) < 4.78 is 0. The first-order valence-corrected chi connectivity index (χ1v) is 7.79. The zero-order chi connectivity index (χ0) is 14.3. The highest BCUT2D eigenvalue weighted by Crippen LogP contribution is 2.24. The number of rotatable bonds is 7. The largest absolute Gasteiger partial charge is 0.313 e. The topological polar surface area (TPSA) is 12.0 Å². The Balaban J connectivity index is 2.41. The second-order valence-corrected chi connectivity index (χ2v) is 6.83. The maximum absolute atomic E-state index is 5.90. The van der Waals surface area contributed by atoms with Crippen LogP contribution in [-0.4, -0.2) is 12.6 Å². The molecule has 0 amide bonds. The van der Waals surface area contributed by atoms with Crippen molar-refractivity contribution in [3.05, 3.63) is 34.9 Å². The van der Waals surface area contributed by atoms with E-state index in [-0.39, 0.29) is 0 Å². The quantitative estimate of drug-likeness (QED) is 0.735. The predicted octanol–water partition coefficient (Wildman–Crippen LogP) is 5.08. The molecule has 0 aliphatic rings. The summed E-state index contributed by atoms with van der Waals surface area (Å²) in [5, 5.41) is 4.50. The molecule has 1 nitrogen and oxygen atoms in total. The highest BCUT2D eigenvalue weighted by Gasteiger charge is 2.23. The molecule has 0 bridgehead atoms. The summed E-state index contributed by atoms with van der Waals surface area (Å²) in [4.78, 5) is 0. The molecule has 0 saturated heterocycles. The smallest absolute Gasteiger partial charge is 0.0406 e. The van der Waals surface area contributed by atoms with Gasteiger partial charge in [-0.1, -0.05) is 51.4 Å². The summed E-state index contributed by atoms with van der Waals surface area (Å²) in [5.41, 5.74) is 1.71. The first-order valence-electron chi connectivity index (χ1n) is 7.41. The molecular formula is C17H28ClN. The average molecular weight is 282 g/mol. The van der Waals surface area contributed by atoms with Crippen molar-refractivity contribution in [1.82, 2.24) is 5.32 Å². The number of aryl methyl sites for hydroxylation is 1. The number of hydrogen-bond acceptors (Lipinski definition) is 1. The van der Waals surface area contributed by atoms with Crippen LogP contribution in [0.4, 0.5) is 0 Å². The minimum atomic E-state index is 0.329. The van der Waals surface area contributed by atoms with Crippen molar-refractivity contribution in [2.24, 2.45) is 5.41 Å². The Morgan fingerprint density at radius 3 is 2.32 bits per heavy atom. The van der Waals surface area contributed by atoms with Crippen LogP contribution >= 0.6 is 11.6 Å². The van der Waals surface area contributed by atoms with E-state index in [0.29, 0.717) is 11.5 Å². The summed E-state index contributed by atoms with van der Waals surface area (Å²) >= 11 is 5.90. The average Bonchev–Trinajstić information content (AvgIpc) is 2.34. The summed E-state index contributed by atoms with van der Waals surface area (Å²) in [6.07, 6.45) is 4.79. The van der Waals surface area contributed by atoms with Crippen molar-refractivity contribution in [3.63, 3.8) is 0 Å². The van der Waals surface area contributed by atoms with Gasteiger partial charge in [-0.2, -0.15) is 0 Å². The van der Waals surface area contributed by atoms with E-state index >= 15 is 0 Å². The molecule has 1 aromatic carbocycles. The molecule has 1 unspecified atom stereocenters. The number of benzene rings is 1. The van der Waals surface area contributed by atoms with Gasteiger partial charge in [0.2, 0.25) is 0 Å². The fourth-order valence-corrected chi connectivity index (χ4v) is 2.45. The minimum Gasteiger partial charge on any atom is -0.313 e. The van der Waals surface area contributed by atoms with Crippen LogP contribution in [0.5, 0.6) is 0 Å². The second-order valence-electron chi connectivity index (χ2n) is 6.39. The first-order chi connectivity index (χ1) is 8.93. The molecule has 0 radical (unpaired) electrons. The van der Waals surface area contributed by atoms with Crippen LogP contribution in [0.1, 0.15) is 52.5 Å². The fraction of sp³-hybridized carbons (Fsp3) is 0.647. The van der Waals surface area contributed by atoms with E-state index in [4.69, 9.17) is 11.6 Å². The third-order valence-corrected chi connectivity index (χ3v) is 3.81. The molecule has 0 heterocycles. The second kappa shape index (κ2) is 7.91. The van der Waals surface area contributed by atoms with Gasteiger partial charge in [0.05, 0.1) is 0 Å². The Morgan fingerprint density at radius 1 is 1.16 bits per heavy atom. The highest BCUT2D eigenvalue weighted by molar-refractivity contribution is 6.30. The molecule has 0 aliphatic carbocycles.